The zero-order valence-corrected chi connectivity index (χ0v) is 23.4. The van der Waals surface area contributed by atoms with Gasteiger partial charge in [0, 0.05) is 37.3 Å². The quantitative estimate of drug-likeness (QED) is 0.256. The predicted molar refractivity (Wildman–Crippen MR) is 155 cm³/mol. The highest BCUT2D eigenvalue weighted by molar-refractivity contribution is 6.34. The average molecular weight is 551 g/mol. The summed E-state index contributed by atoms with van der Waals surface area (Å²) in [6.07, 6.45) is 0.914. The maximum atomic E-state index is 13.6. The largest absolute Gasteiger partial charge is 0.494 e. The van der Waals surface area contributed by atoms with Crippen LogP contribution in [0.3, 0.4) is 0 Å². The van der Waals surface area contributed by atoms with Crippen LogP contribution in [-0.2, 0) is 9.59 Å². The number of aryl methyl sites for hydroxylation is 2. The number of carboxylic acids is 1. The summed E-state index contributed by atoms with van der Waals surface area (Å²) >= 11 is 6.34. The van der Waals surface area contributed by atoms with Gasteiger partial charge in [0.05, 0.1) is 17.2 Å². The standard InChI is InChI=1S/C31H35ClN2O5/c1-4-39-25-18-16-24(17-19-25)33(31(38)26-12-5-6-13-27(26)32)20-8-14-28(35)34(21-9-15-29(36)37)30-22(2)10-7-11-23(30)3/h5-7,10-13,16-19H,4,8-9,14-15,20-21H2,1-3H3,(H,36,37). The molecule has 1 N–H and O–H groups in total. The molecule has 0 atom stereocenters. The Kier molecular flexibility index (Phi) is 10.9. The first-order valence-electron chi connectivity index (χ1n) is 13.1. The molecule has 206 valence electrons. The van der Waals surface area contributed by atoms with Crippen LogP contribution >= 0.6 is 11.6 Å². The lowest BCUT2D eigenvalue weighted by Crippen LogP contribution is -2.35. The van der Waals surface area contributed by atoms with Crippen molar-refractivity contribution < 1.29 is 24.2 Å². The van der Waals surface area contributed by atoms with Crippen molar-refractivity contribution in [3.63, 3.8) is 0 Å². The Hall–Kier alpha value is -3.84. The molecule has 0 aliphatic carbocycles. The maximum absolute atomic E-state index is 13.6. The van der Waals surface area contributed by atoms with E-state index in [4.69, 9.17) is 21.4 Å². The molecule has 2 amide bonds. The van der Waals surface area contributed by atoms with Crippen molar-refractivity contribution in [3.8, 4) is 5.75 Å². The predicted octanol–water partition coefficient (Wildman–Crippen LogP) is 6.68. The van der Waals surface area contributed by atoms with E-state index in [0.717, 1.165) is 16.8 Å². The number of carboxylic acid groups (broad SMARTS) is 1. The van der Waals surface area contributed by atoms with Crippen LogP contribution in [0, 0.1) is 13.8 Å². The van der Waals surface area contributed by atoms with Crippen LogP contribution < -0.4 is 14.5 Å². The summed E-state index contributed by atoms with van der Waals surface area (Å²) in [5.74, 6) is -0.569. The molecule has 7 nitrogen and oxygen atoms in total. The van der Waals surface area contributed by atoms with E-state index in [1.807, 2.05) is 63.2 Å². The molecule has 39 heavy (non-hydrogen) atoms. The highest BCUT2D eigenvalue weighted by Crippen LogP contribution is 2.27. The lowest BCUT2D eigenvalue weighted by molar-refractivity contribution is -0.137. The molecule has 3 aromatic carbocycles. The van der Waals surface area contributed by atoms with E-state index < -0.39 is 5.97 Å². The van der Waals surface area contributed by atoms with Gasteiger partial charge < -0.3 is 19.6 Å². The van der Waals surface area contributed by atoms with Gasteiger partial charge in [-0.15, -0.1) is 0 Å². The smallest absolute Gasteiger partial charge is 0.303 e. The number of hydrogen-bond acceptors (Lipinski definition) is 4. The van der Waals surface area contributed by atoms with Crippen LogP contribution in [0.15, 0.2) is 66.7 Å². The van der Waals surface area contributed by atoms with Gasteiger partial charge in [-0.2, -0.15) is 0 Å². The monoisotopic (exact) mass is 550 g/mol. The van der Waals surface area contributed by atoms with E-state index in [2.05, 4.69) is 0 Å². The van der Waals surface area contributed by atoms with Gasteiger partial charge in [-0.3, -0.25) is 14.4 Å². The summed E-state index contributed by atoms with van der Waals surface area (Å²) in [6.45, 7) is 6.91. The normalized spacial score (nSPS) is 10.7. The third kappa shape index (κ3) is 8.07. The van der Waals surface area contributed by atoms with Gasteiger partial charge in [0.2, 0.25) is 5.91 Å². The Morgan fingerprint density at radius 2 is 1.44 bits per heavy atom. The van der Waals surface area contributed by atoms with Crippen LogP contribution in [0.4, 0.5) is 11.4 Å². The second-order valence-electron chi connectivity index (χ2n) is 9.25. The second-order valence-corrected chi connectivity index (χ2v) is 9.66. The van der Waals surface area contributed by atoms with Crippen molar-refractivity contribution in [2.24, 2.45) is 0 Å². The van der Waals surface area contributed by atoms with Gasteiger partial charge in [0.15, 0.2) is 0 Å². The molecule has 0 bridgehead atoms. The Balaban J connectivity index is 1.81. The van der Waals surface area contributed by atoms with Crippen LogP contribution in [0.1, 0.15) is 54.1 Å². The van der Waals surface area contributed by atoms with E-state index in [0.29, 0.717) is 54.6 Å². The minimum absolute atomic E-state index is 0.0213. The highest BCUT2D eigenvalue weighted by Gasteiger charge is 2.23. The van der Waals surface area contributed by atoms with Crippen LogP contribution in [0.5, 0.6) is 5.75 Å². The van der Waals surface area contributed by atoms with E-state index in [1.54, 1.807) is 34.1 Å². The number of anilines is 2. The molecule has 0 heterocycles. The molecule has 0 fully saturated rings. The topological polar surface area (TPSA) is 87.2 Å². The number of nitrogens with zero attached hydrogens (tertiary/aromatic N) is 2. The number of carbonyl (C=O) groups excluding carboxylic acids is 2. The number of amides is 2. The fourth-order valence-corrected chi connectivity index (χ4v) is 4.74. The first kappa shape index (κ1) is 29.7. The third-order valence-corrected chi connectivity index (χ3v) is 6.69. The van der Waals surface area contributed by atoms with Gasteiger partial charge in [-0.1, -0.05) is 41.9 Å². The van der Waals surface area contributed by atoms with Gasteiger partial charge in [0.1, 0.15) is 5.75 Å². The maximum Gasteiger partial charge on any atom is 0.303 e. The number of halogens is 1. The van der Waals surface area contributed by atoms with Crippen molar-refractivity contribution in [3.05, 3.63) is 88.4 Å². The minimum atomic E-state index is -0.895. The van der Waals surface area contributed by atoms with Crippen LogP contribution in [0.2, 0.25) is 5.02 Å². The van der Waals surface area contributed by atoms with E-state index >= 15 is 0 Å². The van der Waals surface area contributed by atoms with Crippen molar-refractivity contribution in [2.45, 2.75) is 46.5 Å². The lowest BCUT2D eigenvalue weighted by atomic mass is 10.1. The van der Waals surface area contributed by atoms with E-state index in [-0.39, 0.29) is 24.7 Å². The molecule has 8 heteroatoms. The summed E-state index contributed by atoms with van der Waals surface area (Å²) in [4.78, 5) is 41.5. The van der Waals surface area contributed by atoms with E-state index in [9.17, 15) is 14.4 Å². The first-order chi connectivity index (χ1) is 18.7. The zero-order valence-electron chi connectivity index (χ0n) is 22.7. The summed E-state index contributed by atoms with van der Waals surface area (Å²) in [6, 6.07) is 20.0. The fraction of sp³-hybridized carbons (Fsp3) is 0.323. The Morgan fingerprint density at radius 1 is 0.821 bits per heavy atom. The molecule has 0 aliphatic rings. The molecule has 0 radical (unpaired) electrons. The molecular weight excluding hydrogens is 516 g/mol. The Morgan fingerprint density at radius 3 is 2.05 bits per heavy atom. The Labute approximate surface area is 235 Å². The molecule has 0 spiro atoms. The molecule has 0 saturated carbocycles. The summed E-state index contributed by atoms with van der Waals surface area (Å²) in [7, 11) is 0. The molecule has 0 aliphatic heterocycles. The summed E-state index contributed by atoms with van der Waals surface area (Å²) < 4.78 is 5.54. The number of aliphatic carboxylic acids is 1. The number of carbonyl (C=O) groups is 3. The molecule has 0 aromatic heterocycles. The average Bonchev–Trinajstić information content (AvgIpc) is 2.90. The zero-order chi connectivity index (χ0) is 28.4. The Bertz CT molecular complexity index is 1270. The van der Waals surface area contributed by atoms with Gasteiger partial charge in [-0.05, 0) is 81.1 Å². The van der Waals surface area contributed by atoms with Crippen LogP contribution in [0.25, 0.3) is 0 Å². The molecule has 0 saturated heterocycles. The SMILES string of the molecule is CCOc1ccc(N(CCCC(=O)N(CCCC(=O)O)c2c(C)cccc2C)C(=O)c2ccccc2Cl)cc1. The van der Waals surface area contributed by atoms with Gasteiger partial charge in [-0.25, -0.2) is 0 Å². The number of para-hydroxylation sites is 1. The second kappa shape index (κ2) is 14.4. The van der Waals surface area contributed by atoms with Crippen LogP contribution in [-0.4, -0.2) is 42.6 Å². The van der Waals surface area contributed by atoms with Crippen molar-refractivity contribution in [1.29, 1.82) is 0 Å². The van der Waals surface area contributed by atoms with Crippen molar-refractivity contribution >= 4 is 40.8 Å². The van der Waals surface area contributed by atoms with Crippen molar-refractivity contribution in [1.82, 2.24) is 0 Å². The fourth-order valence-electron chi connectivity index (χ4n) is 4.52. The third-order valence-electron chi connectivity index (χ3n) is 6.36. The molecule has 0 unspecified atom stereocenters. The lowest BCUT2D eigenvalue weighted by Gasteiger charge is -2.27. The molecular formula is C31H35ClN2O5. The molecule has 3 rings (SSSR count). The number of rotatable bonds is 13. The summed E-state index contributed by atoms with van der Waals surface area (Å²) in [5.41, 5.74) is 3.75. The summed E-state index contributed by atoms with van der Waals surface area (Å²) in [5, 5.41) is 9.47. The van der Waals surface area contributed by atoms with E-state index in [1.165, 1.54) is 0 Å². The number of ether oxygens (including phenoxy) is 1. The van der Waals surface area contributed by atoms with Gasteiger partial charge >= 0.3 is 5.97 Å². The molecule has 3 aromatic rings. The van der Waals surface area contributed by atoms with Crippen molar-refractivity contribution in [2.75, 3.05) is 29.5 Å². The highest BCUT2D eigenvalue weighted by atomic mass is 35.5. The number of benzene rings is 3. The minimum Gasteiger partial charge on any atom is -0.494 e. The van der Waals surface area contributed by atoms with Gasteiger partial charge in [0.25, 0.3) is 5.91 Å². The number of hydrogen-bond donors (Lipinski definition) is 1. The first-order valence-corrected chi connectivity index (χ1v) is 13.5.